The number of aromatic nitrogens is 4. The zero-order chi connectivity index (χ0) is 20.3. The number of rotatable bonds is 6. The van der Waals surface area contributed by atoms with Gasteiger partial charge in [-0.2, -0.15) is 0 Å². The summed E-state index contributed by atoms with van der Waals surface area (Å²) in [5.41, 5.74) is 12.9. The van der Waals surface area contributed by atoms with Crippen molar-refractivity contribution in [2.75, 3.05) is 10.6 Å². The highest BCUT2D eigenvalue weighted by molar-refractivity contribution is 7.15. The van der Waals surface area contributed by atoms with Crippen LogP contribution >= 0.6 is 11.3 Å². The molecule has 10 heteroatoms. The summed E-state index contributed by atoms with van der Waals surface area (Å²) in [6.45, 7) is 3.43. The predicted octanol–water partition coefficient (Wildman–Crippen LogP) is 2.41. The van der Waals surface area contributed by atoms with Crippen molar-refractivity contribution >= 4 is 39.9 Å². The second-order valence-corrected chi connectivity index (χ2v) is 7.06. The molecule has 3 rings (SSSR count). The number of Topliss-reactive ketones (excluding diaryl/α,β-unsaturated/α-hetero) is 1. The molecular weight excluding hydrogens is 378 g/mol. The largest absolute Gasteiger partial charge is 0.368 e. The van der Waals surface area contributed by atoms with Crippen LogP contribution in [0.1, 0.15) is 35.9 Å². The number of primary amides is 1. The number of benzene rings is 1. The number of hydrogen-bond acceptors (Lipinski definition) is 8. The van der Waals surface area contributed by atoms with E-state index in [9.17, 15) is 9.59 Å². The highest BCUT2D eigenvalue weighted by Crippen LogP contribution is 2.32. The Bertz CT molecular complexity index is 1000. The Hall–Kier alpha value is -3.40. The lowest BCUT2D eigenvalue weighted by Gasteiger charge is -2.20. The molecule has 144 valence electrons. The number of ketones is 1. The number of carbonyl (C=O) groups is 2. The molecule has 0 bridgehead atoms. The molecule has 0 saturated heterocycles. The smallest absolute Gasteiger partial charge is 0.325 e. The Balaban J connectivity index is 2.04. The third kappa shape index (κ3) is 3.96. The van der Waals surface area contributed by atoms with E-state index >= 15 is 0 Å². The first kappa shape index (κ1) is 19.4. The minimum Gasteiger partial charge on any atom is -0.368 e. The van der Waals surface area contributed by atoms with Crippen molar-refractivity contribution < 1.29 is 9.59 Å². The summed E-state index contributed by atoms with van der Waals surface area (Å²) in [7, 11) is 0. The molecule has 4 N–H and O–H groups in total. The third-order valence-electron chi connectivity index (χ3n) is 4.06. The van der Waals surface area contributed by atoms with Gasteiger partial charge in [0.25, 0.3) is 0 Å². The fraction of sp³-hybridized carbons (Fsp3) is 0.222. The fourth-order valence-electron chi connectivity index (χ4n) is 2.81. The minimum absolute atomic E-state index is 0.0969. The van der Waals surface area contributed by atoms with Gasteiger partial charge in [0.15, 0.2) is 0 Å². The summed E-state index contributed by atoms with van der Waals surface area (Å²) in [5.74, 6) is -0.570. The molecule has 1 atom stereocenters. The van der Waals surface area contributed by atoms with Crippen molar-refractivity contribution in [3.05, 3.63) is 52.8 Å². The van der Waals surface area contributed by atoms with Gasteiger partial charge in [-0.1, -0.05) is 30.4 Å². The molecule has 0 radical (unpaired) electrons. The van der Waals surface area contributed by atoms with Gasteiger partial charge in [-0.3, -0.25) is 4.79 Å². The standard InChI is InChI=1S/C18H19N7O2S/c1-3-14-23-24-18(28-14)25(17(20)27)13-6-4-5-11(7-13)15(10(2)26)12-8-21-16(19)22-9-12/h4-9,15H,3H2,1-2H3,(H2,20,27)(H2,19,21,22). The normalized spacial score (nSPS) is 11.8. The summed E-state index contributed by atoms with van der Waals surface area (Å²) >= 11 is 1.28. The lowest BCUT2D eigenvalue weighted by atomic mass is 9.89. The van der Waals surface area contributed by atoms with E-state index < -0.39 is 11.9 Å². The van der Waals surface area contributed by atoms with Crippen LogP contribution in [-0.2, 0) is 11.2 Å². The number of carbonyl (C=O) groups excluding carboxylic acids is 2. The van der Waals surface area contributed by atoms with Gasteiger partial charge < -0.3 is 11.5 Å². The molecule has 28 heavy (non-hydrogen) atoms. The number of nitrogens with two attached hydrogens (primary N) is 2. The quantitative estimate of drug-likeness (QED) is 0.650. The molecular formula is C18H19N7O2S. The molecule has 9 nitrogen and oxygen atoms in total. The average molecular weight is 397 g/mol. The van der Waals surface area contributed by atoms with Crippen LogP contribution in [0.3, 0.4) is 0 Å². The summed E-state index contributed by atoms with van der Waals surface area (Å²) in [6, 6.07) is 6.29. The molecule has 2 aromatic heterocycles. The summed E-state index contributed by atoms with van der Waals surface area (Å²) < 4.78 is 0. The van der Waals surface area contributed by atoms with E-state index in [1.54, 1.807) is 24.3 Å². The molecule has 0 aliphatic carbocycles. The summed E-state index contributed by atoms with van der Waals surface area (Å²) in [5, 5.41) is 9.26. The first-order valence-electron chi connectivity index (χ1n) is 8.50. The number of anilines is 3. The number of nitrogen functional groups attached to an aromatic ring is 1. The number of aryl methyl sites for hydroxylation is 1. The maximum atomic E-state index is 12.3. The van der Waals surface area contributed by atoms with Crippen LogP contribution < -0.4 is 16.4 Å². The number of nitrogens with zero attached hydrogens (tertiary/aromatic N) is 5. The van der Waals surface area contributed by atoms with Crippen LogP contribution in [0.25, 0.3) is 0 Å². The molecule has 1 aromatic carbocycles. The number of amides is 2. The summed E-state index contributed by atoms with van der Waals surface area (Å²) in [4.78, 5) is 33.7. The van der Waals surface area contributed by atoms with Crippen LogP contribution in [0.15, 0.2) is 36.7 Å². The molecule has 0 aliphatic heterocycles. The van der Waals surface area contributed by atoms with E-state index in [-0.39, 0.29) is 11.7 Å². The van der Waals surface area contributed by atoms with Crippen molar-refractivity contribution in [3.8, 4) is 0 Å². The van der Waals surface area contributed by atoms with E-state index in [0.29, 0.717) is 28.4 Å². The Kier molecular flexibility index (Phi) is 5.59. The second-order valence-electron chi connectivity index (χ2n) is 6.02. The van der Waals surface area contributed by atoms with Crippen LogP contribution in [0.5, 0.6) is 0 Å². The lowest BCUT2D eigenvalue weighted by molar-refractivity contribution is -0.117. The molecule has 3 aromatic rings. The lowest BCUT2D eigenvalue weighted by Crippen LogP contribution is -2.31. The Morgan fingerprint density at radius 3 is 2.46 bits per heavy atom. The maximum absolute atomic E-state index is 12.3. The van der Waals surface area contributed by atoms with E-state index in [4.69, 9.17) is 11.5 Å². The van der Waals surface area contributed by atoms with E-state index in [0.717, 1.165) is 5.01 Å². The number of urea groups is 1. The number of hydrogen-bond donors (Lipinski definition) is 2. The van der Waals surface area contributed by atoms with Crippen molar-refractivity contribution in [2.45, 2.75) is 26.2 Å². The van der Waals surface area contributed by atoms with Crippen LogP contribution in [-0.4, -0.2) is 32.0 Å². The zero-order valence-corrected chi connectivity index (χ0v) is 16.2. The summed E-state index contributed by atoms with van der Waals surface area (Å²) in [6.07, 6.45) is 3.74. The van der Waals surface area contributed by atoms with E-state index in [1.807, 2.05) is 6.92 Å². The highest BCUT2D eigenvalue weighted by Gasteiger charge is 2.24. The SMILES string of the molecule is CCc1nnc(N(C(N)=O)c2cccc(C(C(C)=O)c3cnc(N)nc3)c2)s1. The topological polar surface area (TPSA) is 141 Å². The second kappa shape index (κ2) is 8.09. The molecule has 2 heterocycles. The Labute approximate surface area is 165 Å². The third-order valence-corrected chi connectivity index (χ3v) is 5.12. The van der Waals surface area contributed by atoms with Gasteiger partial charge in [0.05, 0.1) is 11.6 Å². The van der Waals surface area contributed by atoms with Crippen LogP contribution in [0.2, 0.25) is 0 Å². The van der Waals surface area contributed by atoms with Crippen LogP contribution in [0, 0.1) is 0 Å². The fourth-order valence-corrected chi connectivity index (χ4v) is 3.62. The van der Waals surface area contributed by atoms with Gasteiger partial charge in [0.1, 0.15) is 10.8 Å². The van der Waals surface area contributed by atoms with Crippen molar-refractivity contribution in [1.29, 1.82) is 0 Å². The van der Waals surface area contributed by atoms with E-state index in [2.05, 4.69) is 20.2 Å². The maximum Gasteiger partial charge on any atom is 0.325 e. The Morgan fingerprint density at radius 1 is 1.18 bits per heavy atom. The average Bonchev–Trinajstić information content (AvgIpc) is 3.12. The highest BCUT2D eigenvalue weighted by atomic mass is 32.1. The first-order chi connectivity index (χ1) is 13.4. The zero-order valence-electron chi connectivity index (χ0n) is 15.4. The Morgan fingerprint density at radius 2 is 1.89 bits per heavy atom. The minimum atomic E-state index is -0.689. The van der Waals surface area contributed by atoms with E-state index in [1.165, 1.54) is 35.6 Å². The molecule has 0 fully saturated rings. The molecule has 0 spiro atoms. The van der Waals surface area contributed by atoms with Gasteiger partial charge in [-0.15, -0.1) is 10.2 Å². The van der Waals surface area contributed by atoms with Gasteiger partial charge in [-0.05, 0) is 31.0 Å². The van der Waals surface area contributed by atoms with Crippen molar-refractivity contribution in [2.24, 2.45) is 5.73 Å². The van der Waals surface area contributed by atoms with Gasteiger partial charge in [-0.25, -0.2) is 19.7 Å². The van der Waals surface area contributed by atoms with Gasteiger partial charge in [0.2, 0.25) is 11.1 Å². The molecule has 0 aliphatic rings. The molecule has 2 amide bonds. The monoisotopic (exact) mass is 397 g/mol. The van der Waals surface area contributed by atoms with Crippen LogP contribution in [0.4, 0.5) is 21.6 Å². The first-order valence-corrected chi connectivity index (χ1v) is 9.32. The molecule has 1 unspecified atom stereocenters. The van der Waals surface area contributed by atoms with Crippen molar-refractivity contribution in [3.63, 3.8) is 0 Å². The van der Waals surface area contributed by atoms with Crippen molar-refractivity contribution in [1.82, 2.24) is 20.2 Å². The predicted molar refractivity (Wildman–Crippen MR) is 106 cm³/mol. The van der Waals surface area contributed by atoms with Gasteiger partial charge in [0, 0.05) is 18.0 Å². The van der Waals surface area contributed by atoms with Gasteiger partial charge >= 0.3 is 6.03 Å². The molecule has 0 saturated carbocycles.